The summed E-state index contributed by atoms with van der Waals surface area (Å²) in [6, 6.07) is 0. The highest BCUT2D eigenvalue weighted by atomic mass is 14.1. The lowest BCUT2D eigenvalue weighted by Gasteiger charge is -2.15. The van der Waals surface area contributed by atoms with Crippen LogP contribution < -0.4 is 0 Å². The Hall–Kier alpha value is 0. The van der Waals surface area contributed by atoms with Crippen molar-refractivity contribution in [2.75, 3.05) is 0 Å². The van der Waals surface area contributed by atoms with Gasteiger partial charge in [0.1, 0.15) is 0 Å². The second kappa shape index (κ2) is 12.1. The Morgan fingerprint density at radius 2 is 1.11 bits per heavy atom. The van der Waals surface area contributed by atoms with Gasteiger partial charge in [-0.25, -0.2) is 0 Å². The van der Waals surface area contributed by atoms with Crippen LogP contribution in [0.4, 0.5) is 0 Å². The van der Waals surface area contributed by atoms with Crippen molar-refractivity contribution in [3.63, 3.8) is 0 Å². The summed E-state index contributed by atoms with van der Waals surface area (Å²) in [6.07, 6.45) is 14.4. The van der Waals surface area contributed by atoms with Crippen LogP contribution in [-0.2, 0) is 0 Å². The molecule has 2 atom stereocenters. The summed E-state index contributed by atoms with van der Waals surface area (Å²) >= 11 is 0. The van der Waals surface area contributed by atoms with Gasteiger partial charge in [0.25, 0.3) is 0 Å². The predicted molar refractivity (Wildman–Crippen MR) is 85.0 cm³/mol. The Morgan fingerprint density at radius 3 is 1.61 bits per heavy atom. The molecule has 0 bridgehead atoms. The molecule has 0 saturated heterocycles. The third-order valence-corrected chi connectivity index (χ3v) is 4.23. The van der Waals surface area contributed by atoms with E-state index >= 15 is 0 Å². The lowest BCUT2D eigenvalue weighted by molar-refractivity contribution is 0.373. The van der Waals surface area contributed by atoms with Crippen LogP contribution >= 0.6 is 0 Å². The molecule has 0 heteroatoms. The highest BCUT2D eigenvalue weighted by Gasteiger charge is 2.06. The van der Waals surface area contributed by atoms with E-state index in [1.807, 2.05) is 0 Å². The van der Waals surface area contributed by atoms with Gasteiger partial charge in [-0.05, 0) is 24.2 Å². The SMILES string of the molecule is CC[C@H](C)C[C@H](C)CCCCCCCCC(C)C. The van der Waals surface area contributed by atoms with E-state index in [1.54, 1.807) is 0 Å². The van der Waals surface area contributed by atoms with Crippen molar-refractivity contribution >= 4 is 0 Å². The Labute approximate surface area is 117 Å². The molecule has 0 nitrogen and oxygen atoms in total. The van der Waals surface area contributed by atoms with Crippen LogP contribution in [0.1, 0.15) is 98.8 Å². The van der Waals surface area contributed by atoms with Crippen molar-refractivity contribution in [1.82, 2.24) is 0 Å². The van der Waals surface area contributed by atoms with Crippen LogP contribution in [0.5, 0.6) is 0 Å². The van der Waals surface area contributed by atoms with Gasteiger partial charge in [-0.15, -0.1) is 0 Å². The van der Waals surface area contributed by atoms with E-state index in [2.05, 4.69) is 34.6 Å². The van der Waals surface area contributed by atoms with Crippen molar-refractivity contribution in [3.8, 4) is 0 Å². The molecule has 0 aliphatic rings. The Kier molecular flexibility index (Phi) is 12.1. The van der Waals surface area contributed by atoms with Crippen molar-refractivity contribution in [3.05, 3.63) is 0 Å². The van der Waals surface area contributed by atoms with Gasteiger partial charge < -0.3 is 0 Å². The molecule has 110 valence electrons. The summed E-state index contributed by atoms with van der Waals surface area (Å²) in [5, 5.41) is 0. The minimum Gasteiger partial charge on any atom is -0.0651 e. The molecule has 0 amide bonds. The average Bonchev–Trinajstić information content (AvgIpc) is 2.31. The van der Waals surface area contributed by atoms with E-state index in [9.17, 15) is 0 Å². The fourth-order valence-corrected chi connectivity index (χ4v) is 2.72. The summed E-state index contributed by atoms with van der Waals surface area (Å²) in [5.74, 6) is 2.77. The van der Waals surface area contributed by atoms with E-state index in [1.165, 1.54) is 64.2 Å². The molecule has 0 saturated carbocycles. The first kappa shape index (κ1) is 18.0. The summed E-state index contributed by atoms with van der Waals surface area (Å²) in [6.45, 7) is 11.8. The molecule has 0 heterocycles. The Bertz CT molecular complexity index is 159. The van der Waals surface area contributed by atoms with Gasteiger partial charge in [0.15, 0.2) is 0 Å². The number of hydrogen-bond acceptors (Lipinski definition) is 0. The first-order valence-electron chi connectivity index (χ1n) is 8.56. The standard InChI is InChI=1S/C18H38/c1-6-17(4)15-18(5)14-12-10-8-7-9-11-13-16(2)3/h16-18H,6-15H2,1-5H3/t17-,18+/m0/s1. The first-order chi connectivity index (χ1) is 8.56. The third kappa shape index (κ3) is 12.5. The summed E-state index contributed by atoms with van der Waals surface area (Å²) in [5.41, 5.74) is 0. The molecule has 0 rings (SSSR count). The van der Waals surface area contributed by atoms with E-state index in [0.29, 0.717) is 0 Å². The highest BCUT2D eigenvalue weighted by Crippen LogP contribution is 2.20. The molecule has 18 heavy (non-hydrogen) atoms. The maximum atomic E-state index is 2.44. The molecule has 0 N–H and O–H groups in total. The van der Waals surface area contributed by atoms with Crippen LogP contribution in [0.2, 0.25) is 0 Å². The molecule has 0 fully saturated rings. The van der Waals surface area contributed by atoms with E-state index in [-0.39, 0.29) is 0 Å². The van der Waals surface area contributed by atoms with Gasteiger partial charge in [-0.3, -0.25) is 0 Å². The normalized spacial score (nSPS) is 15.0. The maximum Gasteiger partial charge on any atom is -0.0440 e. The van der Waals surface area contributed by atoms with Crippen molar-refractivity contribution in [1.29, 1.82) is 0 Å². The monoisotopic (exact) mass is 254 g/mol. The van der Waals surface area contributed by atoms with Gasteiger partial charge in [0.05, 0.1) is 0 Å². The lowest BCUT2D eigenvalue weighted by Crippen LogP contribution is -2.02. The van der Waals surface area contributed by atoms with Crippen LogP contribution in [0.25, 0.3) is 0 Å². The second-order valence-electron chi connectivity index (χ2n) is 6.95. The topological polar surface area (TPSA) is 0 Å². The fraction of sp³-hybridized carbons (Fsp3) is 1.00. The molecular weight excluding hydrogens is 216 g/mol. The van der Waals surface area contributed by atoms with Crippen LogP contribution in [-0.4, -0.2) is 0 Å². The number of rotatable bonds is 12. The van der Waals surface area contributed by atoms with E-state index in [4.69, 9.17) is 0 Å². The number of unbranched alkanes of at least 4 members (excludes halogenated alkanes) is 5. The third-order valence-electron chi connectivity index (χ3n) is 4.23. The molecule has 0 unspecified atom stereocenters. The average molecular weight is 255 g/mol. The van der Waals surface area contributed by atoms with Crippen molar-refractivity contribution in [2.24, 2.45) is 17.8 Å². The maximum absolute atomic E-state index is 2.44. The molecule has 0 aromatic rings. The van der Waals surface area contributed by atoms with Crippen LogP contribution in [0, 0.1) is 17.8 Å². The minimum absolute atomic E-state index is 0.895. The lowest BCUT2D eigenvalue weighted by atomic mass is 9.91. The van der Waals surface area contributed by atoms with Gasteiger partial charge >= 0.3 is 0 Å². The highest BCUT2D eigenvalue weighted by molar-refractivity contribution is 4.59. The molecular formula is C18H38. The second-order valence-corrected chi connectivity index (χ2v) is 6.95. The minimum atomic E-state index is 0.895. The quantitative estimate of drug-likeness (QED) is 0.335. The van der Waals surface area contributed by atoms with E-state index < -0.39 is 0 Å². The molecule has 0 spiro atoms. The van der Waals surface area contributed by atoms with Crippen LogP contribution in [0.3, 0.4) is 0 Å². The molecule has 0 aliphatic heterocycles. The fourth-order valence-electron chi connectivity index (χ4n) is 2.72. The van der Waals surface area contributed by atoms with Crippen molar-refractivity contribution in [2.45, 2.75) is 98.8 Å². The largest absolute Gasteiger partial charge is 0.0651 e. The molecule has 0 radical (unpaired) electrons. The van der Waals surface area contributed by atoms with Crippen molar-refractivity contribution < 1.29 is 0 Å². The van der Waals surface area contributed by atoms with Crippen LogP contribution in [0.15, 0.2) is 0 Å². The van der Waals surface area contributed by atoms with Gasteiger partial charge in [0, 0.05) is 0 Å². The van der Waals surface area contributed by atoms with Gasteiger partial charge in [0.2, 0.25) is 0 Å². The number of hydrogen-bond donors (Lipinski definition) is 0. The van der Waals surface area contributed by atoms with Gasteiger partial charge in [-0.1, -0.05) is 92.4 Å². The molecule has 0 aromatic heterocycles. The molecule has 0 aliphatic carbocycles. The zero-order chi connectivity index (χ0) is 13.8. The van der Waals surface area contributed by atoms with Gasteiger partial charge in [-0.2, -0.15) is 0 Å². The van der Waals surface area contributed by atoms with E-state index in [0.717, 1.165) is 17.8 Å². The smallest absolute Gasteiger partial charge is 0.0440 e. The summed E-state index contributed by atoms with van der Waals surface area (Å²) in [4.78, 5) is 0. The zero-order valence-corrected chi connectivity index (χ0v) is 13.8. The predicted octanol–water partition coefficient (Wildman–Crippen LogP) is 6.84. The zero-order valence-electron chi connectivity index (χ0n) is 13.8. The summed E-state index contributed by atoms with van der Waals surface area (Å²) < 4.78 is 0. The first-order valence-corrected chi connectivity index (χ1v) is 8.56. The Balaban J connectivity index is 3.20. The summed E-state index contributed by atoms with van der Waals surface area (Å²) in [7, 11) is 0. The Morgan fingerprint density at radius 1 is 0.611 bits per heavy atom. The molecule has 0 aromatic carbocycles.